The van der Waals surface area contributed by atoms with Gasteiger partial charge in [0.25, 0.3) is 0 Å². The second kappa shape index (κ2) is 3.24. The molecule has 2 rings (SSSR count). The first-order valence-corrected chi connectivity index (χ1v) is 4.29. The Morgan fingerprint density at radius 1 is 1.54 bits per heavy atom. The summed E-state index contributed by atoms with van der Waals surface area (Å²) in [6.07, 6.45) is 5.00. The van der Waals surface area contributed by atoms with Crippen molar-refractivity contribution in [3.05, 3.63) is 17.2 Å². The molecule has 1 saturated carbocycles. The third-order valence-corrected chi connectivity index (χ3v) is 2.20. The fourth-order valence-corrected chi connectivity index (χ4v) is 1.36. The molecule has 1 aliphatic rings. The van der Waals surface area contributed by atoms with Crippen molar-refractivity contribution in [2.24, 2.45) is 4.99 Å². The lowest BCUT2D eigenvalue weighted by molar-refractivity contribution is 0.565. The number of nitrogens with zero attached hydrogens (tertiary/aromatic N) is 3. The van der Waals surface area contributed by atoms with Crippen molar-refractivity contribution < 1.29 is 4.79 Å². The van der Waals surface area contributed by atoms with Crippen molar-refractivity contribution in [3.8, 4) is 0 Å². The van der Waals surface area contributed by atoms with E-state index >= 15 is 0 Å². The highest BCUT2D eigenvalue weighted by Crippen LogP contribution is 2.44. The molecule has 0 atom stereocenters. The molecule has 4 nitrogen and oxygen atoms in total. The summed E-state index contributed by atoms with van der Waals surface area (Å²) >= 11 is 5.76. The smallest absolute Gasteiger partial charge is 0.239 e. The minimum Gasteiger partial charge on any atom is -0.239 e. The van der Waals surface area contributed by atoms with Gasteiger partial charge in [0.2, 0.25) is 6.08 Å². The van der Waals surface area contributed by atoms with E-state index in [1.165, 1.54) is 12.4 Å². The first-order chi connectivity index (χ1) is 6.33. The van der Waals surface area contributed by atoms with Gasteiger partial charge in [-0.3, -0.25) is 0 Å². The lowest BCUT2D eigenvalue weighted by Gasteiger charge is -2.00. The minimum atomic E-state index is 0.222. The maximum atomic E-state index is 10.1. The number of isocyanates is 1. The molecule has 5 heteroatoms. The van der Waals surface area contributed by atoms with Gasteiger partial charge in [0.15, 0.2) is 5.15 Å². The third-order valence-electron chi connectivity index (χ3n) is 1.93. The first-order valence-electron chi connectivity index (χ1n) is 3.91. The Bertz CT molecular complexity index is 383. The number of aromatic nitrogens is 2. The van der Waals surface area contributed by atoms with E-state index in [2.05, 4.69) is 15.0 Å². The van der Waals surface area contributed by atoms with E-state index in [0.29, 0.717) is 11.6 Å². The van der Waals surface area contributed by atoms with Gasteiger partial charge in [-0.05, 0) is 12.8 Å². The van der Waals surface area contributed by atoms with E-state index in [1.807, 2.05) is 0 Å². The summed E-state index contributed by atoms with van der Waals surface area (Å²) in [5.41, 5.74) is 1.14. The van der Waals surface area contributed by atoms with Gasteiger partial charge < -0.3 is 0 Å². The Kier molecular flexibility index (Phi) is 2.08. The van der Waals surface area contributed by atoms with Crippen LogP contribution in [0.2, 0.25) is 5.15 Å². The Morgan fingerprint density at radius 2 is 2.31 bits per heavy atom. The van der Waals surface area contributed by atoms with Gasteiger partial charge in [-0.15, -0.1) is 0 Å². The zero-order chi connectivity index (χ0) is 9.26. The van der Waals surface area contributed by atoms with Crippen LogP contribution in [0.15, 0.2) is 11.3 Å². The molecule has 0 spiro atoms. The van der Waals surface area contributed by atoms with E-state index in [-0.39, 0.29) is 5.15 Å². The standard InChI is InChI=1S/C8H6ClN3O/c9-8-7(12-4-13)6(5-1-2-5)10-3-11-8/h3,5H,1-2H2. The van der Waals surface area contributed by atoms with E-state index in [0.717, 1.165) is 18.5 Å². The second-order valence-electron chi connectivity index (χ2n) is 2.88. The molecule has 0 N–H and O–H groups in total. The van der Waals surface area contributed by atoms with Gasteiger partial charge in [0.1, 0.15) is 12.0 Å². The Labute approximate surface area is 79.7 Å². The summed E-state index contributed by atoms with van der Waals surface area (Å²) in [4.78, 5) is 21.4. The predicted octanol–water partition coefficient (Wildman–Crippen LogP) is 1.97. The molecular weight excluding hydrogens is 190 g/mol. The summed E-state index contributed by atoms with van der Waals surface area (Å²) in [5.74, 6) is 0.396. The molecule has 0 saturated heterocycles. The average Bonchev–Trinajstić information content (AvgIpc) is 2.92. The molecule has 66 valence electrons. The van der Waals surface area contributed by atoms with E-state index in [4.69, 9.17) is 11.6 Å². The highest BCUT2D eigenvalue weighted by atomic mass is 35.5. The first kappa shape index (κ1) is 8.35. The van der Waals surface area contributed by atoms with Crippen LogP contribution in [0.1, 0.15) is 24.5 Å². The van der Waals surface area contributed by atoms with E-state index in [9.17, 15) is 4.79 Å². The third kappa shape index (κ3) is 1.59. The van der Waals surface area contributed by atoms with Crippen molar-refractivity contribution in [2.75, 3.05) is 0 Å². The molecule has 0 radical (unpaired) electrons. The topological polar surface area (TPSA) is 55.2 Å². The quantitative estimate of drug-likeness (QED) is 0.412. The maximum absolute atomic E-state index is 10.1. The van der Waals surface area contributed by atoms with Gasteiger partial charge >= 0.3 is 0 Å². The summed E-state index contributed by atoms with van der Waals surface area (Å²) in [7, 11) is 0. The average molecular weight is 196 g/mol. The van der Waals surface area contributed by atoms with Crippen LogP contribution in [-0.2, 0) is 4.79 Å². The van der Waals surface area contributed by atoms with Crippen LogP contribution in [0.5, 0.6) is 0 Å². The predicted molar refractivity (Wildman–Crippen MR) is 46.8 cm³/mol. The molecule has 0 unspecified atom stereocenters. The monoisotopic (exact) mass is 195 g/mol. The van der Waals surface area contributed by atoms with Crippen LogP contribution in [0, 0.1) is 0 Å². The van der Waals surface area contributed by atoms with Gasteiger partial charge in [-0.2, -0.15) is 4.99 Å². The molecule has 13 heavy (non-hydrogen) atoms. The molecule has 0 bridgehead atoms. The number of rotatable bonds is 2. The number of aliphatic imine (C=N–C) groups is 1. The largest absolute Gasteiger partial charge is 0.240 e. The minimum absolute atomic E-state index is 0.222. The van der Waals surface area contributed by atoms with Crippen molar-refractivity contribution in [1.82, 2.24) is 9.97 Å². The van der Waals surface area contributed by atoms with Crippen LogP contribution < -0.4 is 0 Å². The lowest BCUT2D eigenvalue weighted by Crippen LogP contribution is -1.89. The van der Waals surface area contributed by atoms with Gasteiger partial charge in [0.05, 0.1) is 5.69 Å². The Hall–Kier alpha value is -1.25. The fraction of sp³-hybridized carbons (Fsp3) is 0.375. The van der Waals surface area contributed by atoms with Gasteiger partial charge in [0, 0.05) is 5.92 Å². The fourth-order valence-electron chi connectivity index (χ4n) is 1.17. The molecule has 0 amide bonds. The van der Waals surface area contributed by atoms with Crippen LogP contribution in [0.4, 0.5) is 5.69 Å². The van der Waals surface area contributed by atoms with Crippen LogP contribution in [0.3, 0.4) is 0 Å². The zero-order valence-electron chi connectivity index (χ0n) is 6.70. The summed E-state index contributed by atoms with van der Waals surface area (Å²) in [5, 5.41) is 0.222. The maximum Gasteiger partial charge on any atom is 0.240 e. The molecule has 1 heterocycles. The van der Waals surface area contributed by atoms with Gasteiger partial charge in [-0.25, -0.2) is 14.8 Å². The normalized spacial score (nSPS) is 15.2. The van der Waals surface area contributed by atoms with Crippen molar-refractivity contribution >= 4 is 23.4 Å². The molecule has 1 aromatic rings. The van der Waals surface area contributed by atoms with E-state index in [1.54, 1.807) is 0 Å². The molecular formula is C8H6ClN3O. The molecule has 1 fully saturated rings. The van der Waals surface area contributed by atoms with Crippen LogP contribution >= 0.6 is 11.6 Å². The van der Waals surface area contributed by atoms with Crippen molar-refractivity contribution in [3.63, 3.8) is 0 Å². The molecule has 1 aliphatic carbocycles. The SMILES string of the molecule is O=C=Nc1c(Cl)ncnc1C1CC1. The summed E-state index contributed by atoms with van der Waals surface area (Å²) in [6.45, 7) is 0. The zero-order valence-corrected chi connectivity index (χ0v) is 7.45. The number of halogens is 1. The van der Waals surface area contributed by atoms with Crippen molar-refractivity contribution in [1.29, 1.82) is 0 Å². The summed E-state index contributed by atoms with van der Waals surface area (Å²) in [6, 6.07) is 0. The second-order valence-corrected chi connectivity index (χ2v) is 3.23. The Morgan fingerprint density at radius 3 is 2.92 bits per heavy atom. The van der Waals surface area contributed by atoms with Crippen LogP contribution in [-0.4, -0.2) is 16.0 Å². The van der Waals surface area contributed by atoms with Gasteiger partial charge in [-0.1, -0.05) is 11.6 Å². The highest BCUT2D eigenvalue weighted by molar-refractivity contribution is 6.31. The molecule has 1 aromatic heterocycles. The lowest BCUT2D eigenvalue weighted by atomic mass is 10.2. The van der Waals surface area contributed by atoms with E-state index < -0.39 is 0 Å². The Balaban J connectivity index is 2.52. The number of hydrogen-bond donors (Lipinski definition) is 0. The van der Waals surface area contributed by atoms with Crippen LogP contribution in [0.25, 0.3) is 0 Å². The number of carbonyl (C=O) groups excluding carboxylic acids is 1. The molecule has 0 aromatic carbocycles. The number of hydrogen-bond acceptors (Lipinski definition) is 4. The summed E-state index contributed by atoms with van der Waals surface area (Å²) < 4.78 is 0. The van der Waals surface area contributed by atoms with Crippen molar-refractivity contribution in [2.45, 2.75) is 18.8 Å². The highest BCUT2D eigenvalue weighted by Gasteiger charge is 2.28. The molecule has 0 aliphatic heterocycles.